The summed E-state index contributed by atoms with van der Waals surface area (Å²) in [6.07, 6.45) is 9.56. The van der Waals surface area contributed by atoms with Crippen molar-refractivity contribution in [3.8, 4) is 0 Å². The van der Waals surface area contributed by atoms with Gasteiger partial charge in [0.25, 0.3) is 0 Å². The van der Waals surface area contributed by atoms with Crippen LogP contribution in [0.1, 0.15) is 51.9 Å². The summed E-state index contributed by atoms with van der Waals surface area (Å²) in [6.45, 7) is 4.18. The van der Waals surface area contributed by atoms with Crippen LogP contribution in [0.15, 0.2) is 0 Å². The molecule has 11 heavy (non-hydrogen) atoms. The van der Waals surface area contributed by atoms with E-state index in [0.717, 1.165) is 6.42 Å². The van der Waals surface area contributed by atoms with Gasteiger partial charge in [-0.05, 0) is 19.3 Å². The molecule has 0 bridgehead atoms. The Balaban J connectivity index is 1.96. The van der Waals surface area contributed by atoms with Crippen LogP contribution < -0.4 is 0 Å². The van der Waals surface area contributed by atoms with E-state index in [1.165, 1.54) is 38.5 Å². The van der Waals surface area contributed by atoms with Crippen LogP contribution in [-0.2, 0) is 4.74 Å². The summed E-state index contributed by atoms with van der Waals surface area (Å²) in [5.74, 6) is 0. The van der Waals surface area contributed by atoms with E-state index in [1.54, 1.807) is 0 Å². The van der Waals surface area contributed by atoms with Crippen molar-refractivity contribution in [2.45, 2.75) is 58.0 Å². The molecule has 0 heterocycles. The molecule has 1 aliphatic carbocycles. The van der Waals surface area contributed by atoms with Crippen molar-refractivity contribution < 1.29 is 4.74 Å². The van der Waals surface area contributed by atoms with E-state index in [9.17, 15) is 0 Å². The normalized spacial score (nSPS) is 20.5. The van der Waals surface area contributed by atoms with Crippen molar-refractivity contribution in [3.63, 3.8) is 0 Å². The molecule has 65 valence electrons. The van der Waals surface area contributed by atoms with Crippen molar-refractivity contribution in [3.05, 3.63) is 6.61 Å². The molecule has 0 saturated heterocycles. The molecule has 1 heteroatoms. The number of ether oxygens (including phenoxy) is 1. The molecule has 0 atom stereocenters. The second-order valence-corrected chi connectivity index (χ2v) is 3.35. The highest BCUT2D eigenvalue weighted by molar-refractivity contribution is 4.66. The molecular weight excluding hydrogens is 136 g/mol. The van der Waals surface area contributed by atoms with Gasteiger partial charge in [-0.15, -0.1) is 0 Å². The fourth-order valence-corrected chi connectivity index (χ4v) is 1.52. The summed E-state index contributed by atoms with van der Waals surface area (Å²) >= 11 is 0. The molecule has 1 saturated carbocycles. The molecule has 0 aromatic rings. The molecular formula is C10H19O. The Hall–Kier alpha value is -0.0400. The van der Waals surface area contributed by atoms with Gasteiger partial charge >= 0.3 is 0 Å². The first-order valence-electron chi connectivity index (χ1n) is 4.90. The molecule has 0 aromatic carbocycles. The maximum absolute atomic E-state index is 5.60. The molecule has 1 rings (SSSR count). The number of unbranched alkanes of at least 4 members (excludes halogenated alkanes) is 1. The van der Waals surface area contributed by atoms with E-state index < -0.39 is 0 Å². The van der Waals surface area contributed by atoms with Crippen LogP contribution >= 0.6 is 0 Å². The van der Waals surface area contributed by atoms with Gasteiger partial charge in [0.1, 0.15) is 0 Å². The Kier molecular flexibility index (Phi) is 4.60. The third-order valence-corrected chi connectivity index (χ3v) is 2.25. The van der Waals surface area contributed by atoms with E-state index in [-0.39, 0.29) is 0 Å². The molecule has 1 radical (unpaired) electrons. The van der Waals surface area contributed by atoms with Gasteiger partial charge in [-0.25, -0.2) is 0 Å². The van der Waals surface area contributed by atoms with Crippen LogP contribution in [0.25, 0.3) is 0 Å². The first kappa shape index (κ1) is 9.05. The van der Waals surface area contributed by atoms with Crippen molar-refractivity contribution >= 4 is 0 Å². The van der Waals surface area contributed by atoms with Gasteiger partial charge < -0.3 is 4.74 Å². The quantitative estimate of drug-likeness (QED) is 0.566. The van der Waals surface area contributed by atoms with E-state index in [0.29, 0.717) is 6.10 Å². The van der Waals surface area contributed by atoms with E-state index in [4.69, 9.17) is 4.74 Å². The van der Waals surface area contributed by atoms with Gasteiger partial charge in [0.15, 0.2) is 0 Å². The van der Waals surface area contributed by atoms with Gasteiger partial charge in [-0.3, -0.25) is 0 Å². The molecule has 0 aliphatic heterocycles. The Labute approximate surface area is 70.1 Å². The summed E-state index contributed by atoms with van der Waals surface area (Å²) in [6, 6.07) is 0. The molecule has 0 unspecified atom stereocenters. The first-order valence-corrected chi connectivity index (χ1v) is 4.90. The van der Waals surface area contributed by atoms with Crippen LogP contribution in [0.4, 0.5) is 0 Å². The SMILES string of the molecule is CCC[CH]OC1CCCCC1. The maximum atomic E-state index is 5.60. The zero-order chi connectivity index (χ0) is 7.94. The van der Waals surface area contributed by atoms with Gasteiger partial charge in [-0.2, -0.15) is 0 Å². The largest absolute Gasteiger partial charge is 0.372 e. The molecule has 0 amide bonds. The lowest BCUT2D eigenvalue weighted by molar-refractivity contribution is 0.0692. The summed E-state index contributed by atoms with van der Waals surface area (Å²) in [5.41, 5.74) is 0. The summed E-state index contributed by atoms with van der Waals surface area (Å²) in [5, 5.41) is 0. The standard InChI is InChI=1S/C10H19O/c1-2-3-9-11-10-7-5-4-6-8-10/h9-10H,2-8H2,1H3. The Bertz CT molecular complexity index is 84.9. The zero-order valence-corrected chi connectivity index (χ0v) is 7.51. The molecule has 0 N–H and O–H groups in total. The maximum Gasteiger partial charge on any atom is 0.0840 e. The summed E-state index contributed by atoms with van der Waals surface area (Å²) < 4.78 is 5.60. The van der Waals surface area contributed by atoms with Crippen LogP contribution in [0.5, 0.6) is 0 Å². The van der Waals surface area contributed by atoms with Gasteiger partial charge in [0, 0.05) is 0 Å². The summed E-state index contributed by atoms with van der Waals surface area (Å²) in [4.78, 5) is 0. The predicted octanol–water partition coefficient (Wildman–Crippen LogP) is 3.30. The minimum absolute atomic E-state index is 0.551. The topological polar surface area (TPSA) is 9.23 Å². The highest BCUT2D eigenvalue weighted by Gasteiger charge is 2.12. The molecule has 1 nitrogen and oxygen atoms in total. The van der Waals surface area contributed by atoms with Crippen molar-refractivity contribution in [2.75, 3.05) is 0 Å². The smallest absolute Gasteiger partial charge is 0.0840 e. The van der Waals surface area contributed by atoms with Gasteiger partial charge in [0.05, 0.1) is 12.7 Å². The third kappa shape index (κ3) is 3.76. The fraction of sp³-hybridized carbons (Fsp3) is 0.900. The Morgan fingerprint density at radius 1 is 1.27 bits per heavy atom. The second-order valence-electron chi connectivity index (χ2n) is 3.35. The number of hydrogen-bond donors (Lipinski definition) is 0. The number of hydrogen-bond acceptors (Lipinski definition) is 1. The van der Waals surface area contributed by atoms with Crippen molar-refractivity contribution in [1.82, 2.24) is 0 Å². The lowest BCUT2D eigenvalue weighted by atomic mass is 9.98. The average Bonchev–Trinajstić information content (AvgIpc) is 2.07. The van der Waals surface area contributed by atoms with E-state index >= 15 is 0 Å². The molecule has 1 aliphatic rings. The van der Waals surface area contributed by atoms with Gasteiger partial charge in [-0.1, -0.05) is 32.6 Å². The van der Waals surface area contributed by atoms with E-state index in [1.807, 2.05) is 6.61 Å². The highest BCUT2D eigenvalue weighted by Crippen LogP contribution is 2.21. The average molecular weight is 155 g/mol. The molecule has 0 aromatic heterocycles. The van der Waals surface area contributed by atoms with Crippen molar-refractivity contribution in [1.29, 1.82) is 0 Å². The minimum Gasteiger partial charge on any atom is -0.372 e. The van der Waals surface area contributed by atoms with Crippen LogP contribution in [0.3, 0.4) is 0 Å². The molecule has 0 spiro atoms. The number of rotatable bonds is 4. The van der Waals surface area contributed by atoms with Crippen LogP contribution in [0.2, 0.25) is 0 Å². The second kappa shape index (κ2) is 5.59. The Morgan fingerprint density at radius 2 is 2.00 bits per heavy atom. The fourth-order valence-electron chi connectivity index (χ4n) is 1.52. The Morgan fingerprint density at radius 3 is 2.64 bits per heavy atom. The lowest BCUT2D eigenvalue weighted by Gasteiger charge is -2.21. The minimum atomic E-state index is 0.551. The highest BCUT2D eigenvalue weighted by atomic mass is 16.5. The van der Waals surface area contributed by atoms with Crippen molar-refractivity contribution in [2.24, 2.45) is 0 Å². The van der Waals surface area contributed by atoms with Gasteiger partial charge in [0.2, 0.25) is 0 Å². The first-order chi connectivity index (χ1) is 5.43. The predicted molar refractivity (Wildman–Crippen MR) is 47.2 cm³/mol. The zero-order valence-electron chi connectivity index (χ0n) is 7.51. The third-order valence-electron chi connectivity index (χ3n) is 2.25. The summed E-state index contributed by atoms with van der Waals surface area (Å²) in [7, 11) is 0. The van der Waals surface area contributed by atoms with Crippen LogP contribution in [0, 0.1) is 6.61 Å². The monoisotopic (exact) mass is 155 g/mol. The van der Waals surface area contributed by atoms with E-state index in [2.05, 4.69) is 6.92 Å². The lowest BCUT2D eigenvalue weighted by Crippen LogP contribution is -2.14. The molecule has 1 fully saturated rings. The van der Waals surface area contributed by atoms with Crippen LogP contribution in [-0.4, -0.2) is 6.10 Å².